The molecule has 2 rings (SSSR count). The van der Waals surface area contributed by atoms with Crippen LogP contribution in [0, 0.1) is 3.57 Å². The Morgan fingerprint density at radius 2 is 1.95 bits per heavy atom. The maximum atomic E-state index is 4.81. The molecule has 0 radical (unpaired) electrons. The van der Waals surface area contributed by atoms with E-state index >= 15 is 0 Å². The molecule has 5 heteroatoms. The Labute approximate surface area is 146 Å². The number of nitrogens with zero attached hydrogens (tertiary/aromatic N) is 2. The predicted octanol–water partition coefficient (Wildman–Crippen LogP) is 5.03. The van der Waals surface area contributed by atoms with Crippen LogP contribution in [-0.2, 0) is 12.2 Å². The second kappa shape index (κ2) is 9.18. The fourth-order valence-corrected chi connectivity index (χ4v) is 4.50. The van der Waals surface area contributed by atoms with Crippen LogP contribution in [0.5, 0.6) is 0 Å². The SMILES string of the molecule is CCCNc1nc(CSC2CCCC2)nc(CCC)c1I. The van der Waals surface area contributed by atoms with E-state index in [0.717, 1.165) is 48.5 Å². The van der Waals surface area contributed by atoms with Crippen LogP contribution in [0.4, 0.5) is 5.82 Å². The highest BCUT2D eigenvalue weighted by Gasteiger charge is 2.17. The molecule has 1 aliphatic carbocycles. The van der Waals surface area contributed by atoms with Gasteiger partial charge in [-0.3, -0.25) is 0 Å². The standard InChI is InChI=1S/C16H26IN3S/c1-3-7-13-15(17)16(18-10-4-2)20-14(19-13)11-21-12-8-5-6-9-12/h12H,3-11H2,1-2H3,(H,18,19,20). The molecule has 0 atom stereocenters. The van der Waals surface area contributed by atoms with Crippen molar-refractivity contribution in [2.24, 2.45) is 0 Å². The minimum atomic E-state index is 0.828. The van der Waals surface area contributed by atoms with E-state index in [4.69, 9.17) is 9.97 Å². The molecular formula is C16H26IN3S. The van der Waals surface area contributed by atoms with Crippen LogP contribution >= 0.6 is 34.4 Å². The largest absolute Gasteiger partial charge is 0.369 e. The first kappa shape index (κ1) is 17.3. The van der Waals surface area contributed by atoms with Crippen molar-refractivity contribution in [2.45, 2.75) is 69.8 Å². The third-order valence-corrected chi connectivity index (χ3v) is 6.25. The summed E-state index contributed by atoms with van der Waals surface area (Å²) >= 11 is 4.44. The zero-order valence-electron chi connectivity index (χ0n) is 13.1. The van der Waals surface area contributed by atoms with E-state index in [1.165, 1.54) is 34.9 Å². The first-order chi connectivity index (χ1) is 10.2. The Hall–Kier alpha value is -0.0400. The highest BCUT2D eigenvalue weighted by Crippen LogP contribution is 2.31. The molecule has 0 saturated heterocycles. The normalized spacial score (nSPS) is 15.6. The van der Waals surface area contributed by atoms with Gasteiger partial charge in [0, 0.05) is 11.8 Å². The van der Waals surface area contributed by atoms with Gasteiger partial charge in [-0.1, -0.05) is 33.1 Å². The molecule has 0 spiro atoms. The quantitative estimate of drug-likeness (QED) is 0.600. The van der Waals surface area contributed by atoms with Crippen LogP contribution < -0.4 is 5.32 Å². The number of nitrogens with one attached hydrogen (secondary N) is 1. The number of hydrogen-bond acceptors (Lipinski definition) is 4. The fourth-order valence-electron chi connectivity index (χ4n) is 2.62. The molecule has 21 heavy (non-hydrogen) atoms. The lowest BCUT2D eigenvalue weighted by Crippen LogP contribution is -2.11. The average molecular weight is 419 g/mol. The molecule has 1 aliphatic rings. The molecule has 1 aromatic rings. The van der Waals surface area contributed by atoms with E-state index < -0.39 is 0 Å². The van der Waals surface area contributed by atoms with E-state index in [2.05, 4.69) is 41.8 Å². The first-order valence-electron chi connectivity index (χ1n) is 8.15. The summed E-state index contributed by atoms with van der Waals surface area (Å²) < 4.78 is 1.21. The zero-order chi connectivity index (χ0) is 15.1. The Balaban J connectivity index is 2.08. The van der Waals surface area contributed by atoms with Gasteiger partial charge >= 0.3 is 0 Å². The number of thioether (sulfide) groups is 1. The van der Waals surface area contributed by atoms with Crippen molar-refractivity contribution in [1.82, 2.24) is 9.97 Å². The van der Waals surface area contributed by atoms with Crippen molar-refractivity contribution >= 4 is 40.2 Å². The van der Waals surface area contributed by atoms with Gasteiger partial charge < -0.3 is 5.32 Å². The topological polar surface area (TPSA) is 37.8 Å². The zero-order valence-corrected chi connectivity index (χ0v) is 16.1. The van der Waals surface area contributed by atoms with E-state index in [1.54, 1.807) is 0 Å². The summed E-state index contributed by atoms with van der Waals surface area (Å²) in [6.45, 7) is 5.38. The van der Waals surface area contributed by atoms with Crippen molar-refractivity contribution in [1.29, 1.82) is 0 Å². The summed E-state index contributed by atoms with van der Waals surface area (Å²) in [7, 11) is 0. The molecule has 0 aromatic carbocycles. The summed E-state index contributed by atoms with van der Waals surface area (Å²) in [6.07, 6.45) is 8.84. The lowest BCUT2D eigenvalue weighted by atomic mass is 10.2. The highest BCUT2D eigenvalue weighted by molar-refractivity contribution is 14.1. The maximum absolute atomic E-state index is 4.81. The molecule has 0 amide bonds. The number of aromatic nitrogens is 2. The van der Waals surface area contributed by atoms with E-state index in [-0.39, 0.29) is 0 Å². The van der Waals surface area contributed by atoms with Gasteiger partial charge in [0.2, 0.25) is 0 Å². The van der Waals surface area contributed by atoms with Gasteiger partial charge in [0.05, 0.1) is 15.0 Å². The highest BCUT2D eigenvalue weighted by atomic mass is 127. The second-order valence-electron chi connectivity index (χ2n) is 5.64. The van der Waals surface area contributed by atoms with E-state index in [9.17, 15) is 0 Å². The van der Waals surface area contributed by atoms with Crippen LogP contribution in [0.2, 0.25) is 0 Å². The third-order valence-electron chi connectivity index (χ3n) is 3.75. The van der Waals surface area contributed by atoms with Crippen molar-refractivity contribution < 1.29 is 0 Å². The molecular weight excluding hydrogens is 393 g/mol. The second-order valence-corrected chi connectivity index (χ2v) is 8.01. The molecule has 1 N–H and O–H groups in total. The first-order valence-corrected chi connectivity index (χ1v) is 10.3. The number of anilines is 1. The lowest BCUT2D eigenvalue weighted by Gasteiger charge is -2.13. The maximum Gasteiger partial charge on any atom is 0.143 e. The van der Waals surface area contributed by atoms with Gasteiger partial charge in [-0.25, -0.2) is 9.97 Å². The number of rotatable bonds is 8. The summed E-state index contributed by atoms with van der Waals surface area (Å²) in [5.74, 6) is 3.01. The fraction of sp³-hybridized carbons (Fsp3) is 0.750. The summed E-state index contributed by atoms with van der Waals surface area (Å²) in [5, 5.41) is 4.29. The van der Waals surface area contributed by atoms with Gasteiger partial charge in [-0.15, -0.1) is 0 Å². The van der Waals surface area contributed by atoms with E-state index in [1.807, 2.05) is 11.8 Å². The van der Waals surface area contributed by atoms with Gasteiger partial charge in [0.25, 0.3) is 0 Å². The van der Waals surface area contributed by atoms with Crippen LogP contribution in [0.15, 0.2) is 0 Å². The molecule has 1 heterocycles. The third kappa shape index (κ3) is 5.27. The van der Waals surface area contributed by atoms with Crippen molar-refractivity contribution in [3.63, 3.8) is 0 Å². The van der Waals surface area contributed by atoms with Crippen molar-refractivity contribution in [2.75, 3.05) is 11.9 Å². The molecule has 1 saturated carbocycles. The minimum Gasteiger partial charge on any atom is -0.369 e. The average Bonchev–Trinajstić information content (AvgIpc) is 3.00. The molecule has 0 unspecified atom stereocenters. The Kier molecular flexibility index (Phi) is 7.57. The molecule has 118 valence electrons. The van der Waals surface area contributed by atoms with Crippen molar-refractivity contribution in [3.05, 3.63) is 15.1 Å². The Morgan fingerprint density at radius 3 is 2.62 bits per heavy atom. The van der Waals surface area contributed by atoms with Crippen LogP contribution in [0.1, 0.15) is 63.9 Å². The van der Waals surface area contributed by atoms with Crippen LogP contribution in [0.3, 0.4) is 0 Å². The minimum absolute atomic E-state index is 0.828. The summed E-state index contributed by atoms with van der Waals surface area (Å²) in [4.78, 5) is 9.58. The molecule has 0 bridgehead atoms. The number of aryl methyl sites for hydroxylation is 1. The number of halogens is 1. The summed E-state index contributed by atoms with van der Waals surface area (Å²) in [6, 6.07) is 0. The Bertz CT molecular complexity index is 447. The van der Waals surface area contributed by atoms with Crippen LogP contribution in [-0.4, -0.2) is 21.8 Å². The Morgan fingerprint density at radius 1 is 1.19 bits per heavy atom. The predicted molar refractivity (Wildman–Crippen MR) is 101 cm³/mol. The monoisotopic (exact) mass is 419 g/mol. The molecule has 3 nitrogen and oxygen atoms in total. The summed E-state index contributed by atoms with van der Waals surface area (Å²) in [5.41, 5.74) is 1.22. The molecule has 1 fully saturated rings. The van der Waals surface area contributed by atoms with Crippen LogP contribution in [0.25, 0.3) is 0 Å². The lowest BCUT2D eigenvalue weighted by molar-refractivity contribution is 0.839. The molecule has 0 aliphatic heterocycles. The van der Waals surface area contributed by atoms with E-state index in [0.29, 0.717) is 0 Å². The molecule has 1 aromatic heterocycles. The number of hydrogen-bond donors (Lipinski definition) is 1. The van der Waals surface area contributed by atoms with Gasteiger partial charge in [0.15, 0.2) is 0 Å². The van der Waals surface area contributed by atoms with Crippen molar-refractivity contribution in [3.8, 4) is 0 Å². The van der Waals surface area contributed by atoms with Gasteiger partial charge in [0.1, 0.15) is 11.6 Å². The smallest absolute Gasteiger partial charge is 0.143 e. The van der Waals surface area contributed by atoms with Gasteiger partial charge in [-0.2, -0.15) is 11.8 Å². The van der Waals surface area contributed by atoms with Gasteiger partial charge in [-0.05, 0) is 48.3 Å².